The van der Waals surface area contributed by atoms with Gasteiger partial charge in [0.05, 0.1) is 12.0 Å². The van der Waals surface area contributed by atoms with Crippen molar-refractivity contribution in [2.45, 2.75) is 46.1 Å². The van der Waals surface area contributed by atoms with Gasteiger partial charge in [0.1, 0.15) is 5.60 Å². The zero-order valence-electron chi connectivity index (χ0n) is 13.6. The Labute approximate surface area is 127 Å². The minimum atomic E-state index is -0.490. The van der Waals surface area contributed by atoms with Gasteiger partial charge < -0.3 is 15.0 Å². The monoisotopic (exact) mass is 293 g/mol. The van der Waals surface area contributed by atoms with E-state index in [0.717, 1.165) is 25.9 Å². The highest BCUT2D eigenvalue weighted by Crippen LogP contribution is 2.47. The van der Waals surface area contributed by atoms with Crippen LogP contribution in [0.4, 0.5) is 4.79 Å². The minimum absolute atomic E-state index is 0.0541. The third kappa shape index (κ3) is 3.32. The first-order valence-corrected chi connectivity index (χ1v) is 7.87. The number of carbonyl (C=O) groups is 1. The summed E-state index contributed by atoms with van der Waals surface area (Å²) in [6, 6.07) is 2.47. The van der Waals surface area contributed by atoms with Crippen LogP contribution in [0, 0.1) is 28.6 Å². The fraction of sp³-hybridized carbons (Fsp3) is 0.875. The molecule has 3 atom stereocenters. The molecule has 0 aromatic heterocycles. The van der Waals surface area contributed by atoms with E-state index in [0.29, 0.717) is 19.0 Å². The van der Waals surface area contributed by atoms with Crippen LogP contribution in [-0.4, -0.2) is 42.8 Å². The van der Waals surface area contributed by atoms with Gasteiger partial charge in [-0.1, -0.05) is 6.92 Å². The van der Waals surface area contributed by atoms with Gasteiger partial charge in [-0.15, -0.1) is 0 Å². The summed E-state index contributed by atoms with van der Waals surface area (Å²) >= 11 is 0. The van der Waals surface area contributed by atoms with E-state index < -0.39 is 5.60 Å². The van der Waals surface area contributed by atoms with Crippen LogP contribution in [0.15, 0.2) is 0 Å². The molecular formula is C16H27N3O2. The van der Waals surface area contributed by atoms with E-state index >= 15 is 0 Å². The predicted molar refractivity (Wildman–Crippen MR) is 80.6 cm³/mol. The fourth-order valence-corrected chi connectivity index (χ4v) is 3.65. The third-order valence-electron chi connectivity index (χ3n) is 4.95. The fourth-order valence-electron chi connectivity index (χ4n) is 3.65. The van der Waals surface area contributed by atoms with Crippen LogP contribution in [0.25, 0.3) is 0 Å². The van der Waals surface area contributed by atoms with Crippen LogP contribution in [0.1, 0.15) is 40.5 Å². The molecule has 1 amide bonds. The molecule has 0 bridgehead atoms. The first kappa shape index (κ1) is 16.1. The van der Waals surface area contributed by atoms with Crippen LogP contribution in [0.3, 0.4) is 0 Å². The van der Waals surface area contributed by atoms with Crippen molar-refractivity contribution in [3.8, 4) is 6.07 Å². The van der Waals surface area contributed by atoms with Crippen LogP contribution in [-0.2, 0) is 4.74 Å². The van der Waals surface area contributed by atoms with E-state index in [1.165, 1.54) is 0 Å². The number of piperidine rings is 2. The normalized spacial score (nSPS) is 33.6. The molecule has 0 aliphatic carbocycles. The lowest BCUT2D eigenvalue weighted by Gasteiger charge is -2.51. The summed E-state index contributed by atoms with van der Waals surface area (Å²) in [4.78, 5) is 13.9. The Morgan fingerprint density at radius 3 is 2.71 bits per heavy atom. The van der Waals surface area contributed by atoms with Crippen molar-refractivity contribution in [2.75, 3.05) is 26.2 Å². The molecule has 2 aliphatic rings. The number of amides is 1. The Morgan fingerprint density at radius 2 is 2.14 bits per heavy atom. The summed E-state index contributed by atoms with van der Waals surface area (Å²) in [7, 11) is 0. The average molecular weight is 293 g/mol. The van der Waals surface area contributed by atoms with E-state index in [-0.39, 0.29) is 17.4 Å². The molecule has 0 aromatic carbocycles. The highest BCUT2D eigenvalue weighted by Gasteiger charge is 2.49. The quantitative estimate of drug-likeness (QED) is 0.744. The minimum Gasteiger partial charge on any atom is -0.444 e. The molecule has 2 heterocycles. The number of nitrogens with zero attached hydrogens (tertiary/aromatic N) is 2. The number of ether oxygens (including phenoxy) is 1. The largest absolute Gasteiger partial charge is 0.444 e. The van der Waals surface area contributed by atoms with Crippen molar-refractivity contribution in [3.05, 3.63) is 0 Å². The van der Waals surface area contributed by atoms with E-state index in [1.54, 1.807) is 4.90 Å². The van der Waals surface area contributed by atoms with Gasteiger partial charge in [0.25, 0.3) is 0 Å². The zero-order chi connectivity index (χ0) is 15.7. The van der Waals surface area contributed by atoms with E-state index in [9.17, 15) is 10.1 Å². The second kappa shape index (κ2) is 5.84. The summed E-state index contributed by atoms with van der Waals surface area (Å²) in [6.07, 6.45) is 1.63. The first-order chi connectivity index (χ1) is 9.78. The molecule has 118 valence electrons. The van der Waals surface area contributed by atoms with Crippen LogP contribution in [0.2, 0.25) is 0 Å². The second-order valence-electron chi connectivity index (χ2n) is 7.45. The van der Waals surface area contributed by atoms with Crippen molar-refractivity contribution in [1.29, 1.82) is 5.26 Å². The Hall–Kier alpha value is -1.28. The average Bonchev–Trinajstić information content (AvgIpc) is 2.40. The number of likely N-dealkylation sites (tertiary alicyclic amines) is 1. The smallest absolute Gasteiger partial charge is 0.410 e. The molecule has 2 fully saturated rings. The van der Waals surface area contributed by atoms with Crippen molar-refractivity contribution >= 4 is 6.09 Å². The van der Waals surface area contributed by atoms with Crippen molar-refractivity contribution in [3.63, 3.8) is 0 Å². The van der Waals surface area contributed by atoms with E-state index in [1.807, 2.05) is 20.8 Å². The predicted octanol–water partition coefficient (Wildman–Crippen LogP) is 2.38. The number of nitriles is 1. The molecule has 2 saturated heterocycles. The number of carbonyl (C=O) groups excluding carboxylic acids is 1. The van der Waals surface area contributed by atoms with Crippen molar-refractivity contribution < 1.29 is 9.53 Å². The topological polar surface area (TPSA) is 65.4 Å². The van der Waals surface area contributed by atoms with Gasteiger partial charge in [-0.05, 0) is 58.0 Å². The van der Waals surface area contributed by atoms with Crippen LogP contribution in [0.5, 0.6) is 0 Å². The van der Waals surface area contributed by atoms with Gasteiger partial charge in [-0.2, -0.15) is 5.26 Å². The van der Waals surface area contributed by atoms with Crippen molar-refractivity contribution in [2.24, 2.45) is 17.3 Å². The highest BCUT2D eigenvalue weighted by molar-refractivity contribution is 5.68. The molecule has 2 aliphatic heterocycles. The molecule has 5 heteroatoms. The van der Waals surface area contributed by atoms with Gasteiger partial charge >= 0.3 is 6.09 Å². The van der Waals surface area contributed by atoms with Gasteiger partial charge in [-0.25, -0.2) is 4.79 Å². The lowest BCUT2D eigenvalue weighted by atomic mass is 9.60. The van der Waals surface area contributed by atoms with Gasteiger partial charge in [-0.3, -0.25) is 0 Å². The number of nitrogens with one attached hydrogen (secondary N) is 1. The molecule has 0 aromatic rings. The first-order valence-electron chi connectivity index (χ1n) is 7.87. The summed E-state index contributed by atoms with van der Waals surface area (Å²) in [5.41, 5.74) is -0.436. The van der Waals surface area contributed by atoms with E-state index in [2.05, 4.69) is 18.3 Å². The maximum atomic E-state index is 12.2. The van der Waals surface area contributed by atoms with E-state index in [4.69, 9.17) is 4.74 Å². The lowest BCUT2D eigenvalue weighted by Crippen LogP contribution is -2.56. The summed E-state index contributed by atoms with van der Waals surface area (Å²) < 4.78 is 5.44. The Balaban J connectivity index is 2.08. The van der Waals surface area contributed by atoms with Gasteiger partial charge in [0.15, 0.2) is 0 Å². The van der Waals surface area contributed by atoms with Crippen molar-refractivity contribution in [1.82, 2.24) is 10.2 Å². The molecule has 2 rings (SSSR count). The standard InChI is InChI=1S/C16H27N3O2/c1-12-10-18-7-5-16(12)6-8-19(11-13(16)9-17)14(20)21-15(2,3)4/h12-13,18H,5-8,10-11H2,1-4H3. The third-order valence-corrected chi connectivity index (χ3v) is 4.95. The molecule has 21 heavy (non-hydrogen) atoms. The maximum absolute atomic E-state index is 12.2. The molecule has 1 N–H and O–H groups in total. The van der Waals surface area contributed by atoms with Gasteiger partial charge in [0.2, 0.25) is 0 Å². The Bertz CT molecular complexity index is 438. The number of hydrogen-bond acceptors (Lipinski definition) is 4. The summed E-state index contributed by atoms with van der Waals surface area (Å²) in [5.74, 6) is 0.368. The summed E-state index contributed by atoms with van der Waals surface area (Å²) in [6.45, 7) is 10.9. The lowest BCUT2D eigenvalue weighted by molar-refractivity contribution is -0.0250. The Morgan fingerprint density at radius 1 is 1.43 bits per heavy atom. The zero-order valence-corrected chi connectivity index (χ0v) is 13.6. The molecule has 5 nitrogen and oxygen atoms in total. The molecular weight excluding hydrogens is 266 g/mol. The SMILES string of the molecule is CC1CNCCC12CCN(C(=O)OC(C)(C)C)CC2C#N. The molecule has 3 unspecified atom stereocenters. The molecule has 1 spiro atoms. The summed E-state index contributed by atoms with van der Waals surface area (Å²) in [5, 5.41) is 13.0. The second-order valence-corrected chi connectivity index (χ2v) is 7.45. The molecule has 0 saturated carbocycles. The molecule has 0 radical (unpaired) electrons. The van der Waals surface area contributed by atoms with Crippen LogP contribution < -0.4 is 5.32 Å². The maximum Gasteiger partial charge on any atom is 0.410 e. The van der Waals surface area contributed by atoms with Crippen LogP contribution >= 0.6 is 0 Å². The number of rotatable bonds is 0. The van der Waals surface area contributed by atoms with Gasteiger partial charge in [0, 0.05) is 13.1 Å². The Kier molecular flexibility index (Phi) is 4.48. The highest BCUT2D eigenvalue weighted by atomic mass is 16.6. The number of hydrogen-bond donors (Lipinski definition) is 1.